The first kappa shape index (κ1) is 34.5. The number of nitriles is 1. The number of thiophene rings is 1. The minimum absolute atomic E-state index is 0.00805. The van der Waals surface area contributed by atoms with Crippen LogP contribution in [0.4, 0.5) is 24.0 Å². The molecular formula is C36H41F3N8O2S. The molecule has 0 radical (unpaired) electrons. The van der Waals surface area contributed by atoms with E-state index in [2.05, 4.69) is 59.4 Å². The number of aliphatic imine (C=N–C) groups is 1. The maximum Gasteiger partial charge on any atom is 0.319 e. The maximum atomic E-state index is 16.9. The highest BCUT2D eigenvalue weighted by molar-refractivity contribution is 7.23. The van der Waals surface area contributed by atoms with Crippen molar-refractivity contribution in [1.82, 2.24) is 24.8 Å². The van der Waals surface area contributed by atoms with Gasteiger partial charge < -0.3 is 19.3 Å². The highest BCUT2D eigenvalue weighted by atomic mass is 32.1. The summed E-state index contributed by atoms with van der Waals surface area (Å²) in [6, 6.07) is 2.93. The Balaban J connectivity index is 1.32. The fourth-order valence-electron chi connectivity index (χ4n) is 7.41. The number of nitrogens with zero attached hydrogens (tertiary/aromatic N) is 8. The molecule has 0 unspecified atom stereocenters. The number of aromatic nitrogens is 3. The molecule has 4 heterocycles. The van der Waals surface area contributed by atoms with Gasteiger partial charge in [0.15, 0.2) is 5.82 Å². The molecule has 0 amide bonds. The van der Waals surface area contributed by atoms with E-state index in [1.165, 1.54) is 6.20 Å². The van der Waals surface area contributed by atoms with E-state index in [4.69, 9.17) is 14.5 Å². The zero-order valence-electron chi connectivity index (χ0n) is 29.0. The lowest BCUT2D eigenvalue weighted by Gasteiger charge is -2.49. The molecule has 1 aliphatic heterocycles. The molecule has 3 aromatic heterocycles. The summed E-state index contributed by atoms with van der Waals surface area (Å²) in [5.41, 5.74) is -1.11. The SMILES string of the molecule is C=Nc1sc2c(F)cc(F)c(-c3ncc4c(N(C)CC5(N(C)C)CCC5)nc(OCC5(CN6C[C@H](C)OC[C@H]6C)CC5)nc4c3F)c2c1C#N. The van der Waals surface area contributed by atoms with Crippen molar-refractivity contribution in [3.05, 3.63) is 35.3 Å². The van der Waals surface area contributed by atoms with Crippen molar-refractivity contribution >= 4 is 49.9 Å². The van der Waals surface area contributed by atoms with Crippen LogP contribution in [0, 0.1) is 34.2 Å². The number of hydrogen-bond acceptors (Lipinski definition) is 11. The number of fused-ring (bicyclic) bond motifs is 2. The Morgan fingerprint density at radius 1 is 1.16 bits per heavy atom. The van der Waals surface area contributed by atoms with Gasteiger partial charge in [-0.1, -0.05) is 0 Å². The number of pyridine rings is 1. The minimum Gasteiger partial charge on any atom is -0.463 e. The third-order valence-corrected chi connectivity index (χ3v) is 12.0. The first-order valence-electron chi connectivity index (χ1n) is 16.9. The molecule has 0 bridgehead atoms. The van der Waals surface area contributed by atoms with Crippen LogP contribution in [0.25, 0.3) is 32.2 Å². The van der Waals surface area contributed by atoms with Crippen molar-refractivity contribution in [3.63, 3.8) is 0 Å². The molecule has 4 aromatic rings. The van der Waals surface area contributed by atoms with Crippen LogP contribution in [-0.4, -0.2) is 103 Å². The van der Waals surface area contributed by atoms with Gasteiger partial charge in [-0.2, -0.15) is 15.2 Å². The van der Waals surface area contributed by atoms with Gasteiger partial charge in [-0.05, 0) is 66.8 Å². The highest BCUT2D eigenvalue weighted by Crippen LogP contribution is 2.48. The Bertz CT molecular complexity index is 2020. The number of anilines is 1. The lowest BCUT2D eigenvalue weighted by atomic mass is 9.75. The summed E-state index contributed by atoms with van der Waals surface area (Å²) in [6.07, 6.45) is 6.68. The van der Waals surface area contributed by atoms with Gasteiger partial charge in [-0.3, -0.25) is 14.9 Å². The third kappa shape index (κ3) is 5.97. The molecule has 10 nitrogen and oxygen atoms in total. The van der Waals surface area contributed by atoms with Gasteiger partial charge >= 0.3 is 6.01 Å². The number of rotatable bonds is 11. The summed E-state index contributed by atoms with van der Waals surface area (Å²) in [4.78, 5) is 24.2. The summed E-state index contributed by atoms with van der Waals surface area (Å²) < 4.78 is 59.7. The minimum atomic E-state index is -1.06. The number of halogens is 3. The van der Waals surface area contributed by atoms with E-state index in [0.29, 0.717) is 37.0 Å². The second-order valence-corrected chi connectivity index (χ2v) is 15.5. The van der Waals surface area contributed by atoms with Crippen molar-refractivity contribution in [3.8, 4) is 23.3 Å². The van der Waals surface area contributed by atoms with Crippen LogP contribution in [0.15, 0.2) is 17.3 Å². The Morgan fingerprint density at radius 2 is 1.92 bits per heavy atom. The van der Waals surface area contributed by atoms with Gasteiger partial charge in [0.05, 0.1) is 35.0 Å². The van der Waals surface area contributed by atoms with Gasteiger partial charge in [0.1, 0.15) is 39.7 Å². The highest BCUT2D eigenvalue weighted by Gasteiger charge is 2.46. The molecule has 14 heteroatoms. The van der Waals surface area contributed by atoms with Gasteiger partial charge in [0, 0.05) is 66.9 Å². The second kappa shape index (κ2) is 13.0. The Hall–Kier alpha value is -3.90. The average Bonchev–Trinajstić information content (AvgIpc) is 3.73. The summed E-state index contributed by atoms with van der Waals surface area (Å²) in [5.74, 6) is -2.44. The molecule has 2 saturated carbocycles. The molecule has 0 spiro atoms. The second-order valence-electron chi connectivity index (χ2n) is 14.5. The summed E-state index contributed by atoms with van der Waals surface area (Å²) >= 11 is 0.843. The van der Waals surface area contributed by atoms with Crippen molar-refractivity contribution in [2.24, 2.45) is 10.4 Å². The number of ether oxygens (including phenoxy) is 2. The molecule has 3 aliphatic rings. The van der Waals surface area contributed by atoms with Crippen LogP contribution < -0.4 is 9.64 Å². The first-order valence-corrected chi connectivity index (χ1v) is 17.8. The normalized spacial score (nSPS) is 21.3. The van der Waals surface area contributed by atoms with Crippen molar-refractivity contribution < 1.29 is 22.6 Å². The van der Waals surface area contributed by atoms with E-state index >= 15 is 8.78 Å². The van der Waals surface area contributed by atoms with Crippen LogP contribution in [0.5, 0.6) is 6.01 Å². The molecule has 3 fully saturated rings. The van der Waals surface area contributed by atoms with Gasteiger partial charge in [0.25, 0.3) is 0 Å². The smallest absolute Gasteiger partial charge is 0.319 e. The van der Waals surface area contributed by atoms with Crippen molar-refractivity contribution in [2.75, 3.05) is 58.9 Å². The molecule has 1 aromatic carbocycles. The number of morpholine rings is 1. The predicted octanol–water partition coefficient (Wildman–Crippen LogP) is 6.72. The van der Waals surface area contributed by atoms with Crippen LogP contribution in [0.3, 0.4) is 0 Å². The molecule has 2 aliphatic carbocycles. The molecule has 2 atom stereocenters. The fourth-order valence-corrected chi connectivity index (χ4v) is 8.38. The van der Waals surface area contributed by atoms with Crippen LogP contribution in [0.1, 0.15) is 51.5 Å². The molecular weight excluding hydrogens is 666 g/mol. The van der Waals surface area contributed by atoms with E-state index in [-0.39, 0.29) is 60.8 Å². The molecule has 1 saturated heterocycles. The number of hydrogen-bond donors (Lipinski definition) is 0. The summed E-state index contributed by atoms with van der Waals surface area (Å²) in [5, 5.41) is 10.3. The molecule has 0 N–H and O–H groups in total. The lowest BCUT2D eigenvalue weighted by Crippen LogP contribution is -2.56. The number of likely N-dealkylation sites (N-methyl/N-ethyl adjacent to an activating group) is 2. The molecule has 264 valence electrons. The zero-order chi connectivity index (χ0) is 35.5. The summed E-state index contributed by atoms with van der Waals surface area (Å²) in [6.45, 7) is 11.1. The lowest BCUT2D eigenvalue weighted by molar-refractivity contribution is -0.0580. The topological polar surface area (TPSA) is 103 Å². The standard InChI is InChI=1S/C36H41F3N8O2S/c1-20-16-48-21(2)15-47(20)17-35(10-11-35)19-49-34-43-29-23(32(44-34)46(6)18-36(45(4)5)8-7-9-36)14-42-30(28(29)39)27-24(37)12-25(38)31-26(27)22(13-40)33(41-3)50-31/h12,14,20-21H,3,7-11,15-19H2,1-2,4-6H3/t20-,21+/m1/s1. The van der Waals surface area contributed by atoms with Crippen molar-refractivity contribution in [2.45, 2.75) is 63.6 Å². The van der Waals surface area contributed by atoms with Gasteiger partial charge in [0.2, 0.25) is 0 Å². The van der Waals surface area contributed by atoms with Gasteiger partial charge in [-0.25, -0.2) is 13.2 Å². The Labute approximate surface area is 293 Å². The summed E-state index contributed by atoms with van der Waals surface area (Å²) in [7, 11) is 6.02. The van der Waals surface area contributed by atoms with E-state index < -0.39 is 23.1 Å². The number of benzene rings is 1. The Morgan fingerprint density at radius 3 is 2.56 bits per heavy atom. The maximum absolute atomic E-state index is 16.9. The van der Waals surface area contributed by atoms with Gasteiger partial charge in [-0.15, -0.1) is 11.3 Å². The van der Waals surface area contributed by atoms with E-state index in [1.54, 1.807) is 0 Å². The quantitative estimate of drug-likeness (QED) is 0.157. The van der Waals surface area contributed by atoms with E-state index in [9.17, 15) is 9.65 Å². The molecule has 7 rings (SSSR count). The van der Waals surface area contributed by atoms with Crippen molar-refractivity contribution in [1.29, 1.82) is 5.26 Å². The zero-order valence-corrected chi connectivity index (χ0v) is 29.8. The largest absolute Gasteiger partial charge is 0.463 e. The van der Waals surface area contributed by atoms with E-state index in [1.807, 2.05) is 18.0 Å². The van der Waals surface area contributed by atoms with Crippen LogP contribution in [-0.2, 0) is 4.74 Å². The first-order chi connectivity index (χ1) is 23.9. The fraction of sp³-hybridized carbons (Fsp3) is 0.528. The third-order valence-electron chi connectivity index (χ3n) is 10.9. The van der Waals surface area contributed by atoms with Crippen LogP contribution >= 0.6 is 11.3 Å². The van der Waals surface area contributed by atoms with E-state index in [0.717, 1.165) is 56.5 Å². The molecule has 50 heavy (non-hydrogen) atoms. The van der Waals surface area contributed by atoms with Crippen LogP contribution in [0.2, 0.25) is 0 Å². The predicted molar refractivity (Wildman–Crippen MR) is 189 cm³/mol. The monoisotopic (exact) mass is 706 g/mol. The Kier molecular flexibility index (Phi) is 8.99. The average molecular weight is 707 g/mol.